The summed E-state index contributed by atoms with van der Waals surface area (Å²) < 4.78 is 0. The normalized spacial score (nSPS) is 12.6. The van der Waals surface area contributed by atoms with Gasteiger partial charge in [0, 0.05) is 15.8 Å². The molecule has 0 radical (unpaired) electrons. The average Bonchev–Trinajstić information content (AvgIpc) is 2.42. The summed E-state index contributed by atoms with van der Waals surface area (Å²) in [6, 6.07) is 0. The Kier molecular flexibility index (Phi) is 19.3. The number of halogens is 2. The molecule has 0 aliphatic rings. The molecule has 0 unspecified atom stereocenters. The Morgan fingerprint density at radius 2 is 0.710 bits per heavy atom. The van der Waals surface area contributed by atoms with Crippen LogP contribution < -0.4 is 0 Å². The van der Waals surface area contributed by atoms with Crippen molar-refractivity contribution in [1.29, 1.82) is 0 Å². The van der Waals surface area contributed by atoms with Crippen molar-refractivity contribution in [1.82, 2.24) is 0 Å². The fourth-order valence-electron chi connectivity index (χ4n) is 4.09. The Hall–Kier alpha value is 1.41. The summed E-state index contributed by atoms with van der Waals surface area (Å²) in [6.45, 7) is 37.5. The van der Waals surface area contributed by atoms with Gasteiger partial charge in [0.2, 0.25) is 0 Å². The minimum atomic E-state index is -0.347. The quantitative estimate of drug-likeness (QED) is 0.182. The van der Waals surface area contributed by atoms with Crippen molar-refractivity contribution >= 4 is 36.2 Å². The van der Waals surface area contributed by atoms with Crippen LogP contribution in [-0.4, -0.2) is 32.9 Å². The molecule has 192 valence electrons. The molecule has 0 aromatic heterocycles. The van der Waals surface area contributed by atoms with Crippen molar-refractivity contribution in [3.05, 3.63) is 23.3 Å². The van der Waals surface area contributed by atoms with Crippen molar-refractivity contribution in [2.75, 3.05) is 12.3 Å². The van der Waals surface area contributed by atoms with Crippen molar-refractivity contribution in [3.63, 3.8) is 0 Å². The van der Waals surface area contributed by atoms with Crippen LogP contribution in [0.15, 0.2) is 23.3 Å². The molecule has 0 saturated carbocycles. The Labute approximate surface area is 215 Å². The summed E-state index contributed by atoms with van der Waals surface area (Å²) in [7, 11) is 8.71. The zero-order valence-electron chi connectivity index (χ0n) is 23.6. The first-order valence-electron chi connectivity index (χ1n) is 11.3. The van der Waals surface area contributed by atoms with E-state index in [1.807, 2.05) is 0 Å². The van der Waals surface area contributed by atoms with Crippen LogP contribution in [0.1, 0.15) is 111 Å². The first kappa shape index (κ1) is 37.0. The Balaban J connectivity index is -0.000000448. The molecule has 0 rings (SSSR count). The molecular formula is C26H56Cl2NiP2+2. The summed E-state index contributed by atoms with van der Waals surface area (Å²) in [4.78, 5) is 0. The molecule has 0 spiro atoms. The van der Waals surface area contributed by atoms with E-state index in [9.17, 15) is 0 Å². The van der Waals surface area contributed by atoms with E-state index in [0.717, 1.165) is 0 Å². The standard InChI is InChI=1S/2C13H27P.2ClH.Ni/c2*1-11(2)9-10-14(12(3,4)5)13(6,7)8;;;/h2*9H,10H2,1-8H3;2*1H;/q;;;;+2. The molecule has 0 aromatic rings. The van der Waals surface area contributed by atoms with E-state index in [2.05, 4.69) is 123 Å². The van der Waals surface area contributed by atoms with Gasteiger partial charge in [-0.15, -0.1) is 0 Å². The number of allylic oxidation sites excluding steroid dienone is 4. The van der Waals surface area contributed by atoms with Crippen molar-refractivity contribution in [3.8, 4) is 0 Å². The van der Waals surface area contributed by atoms with E-state index >= 15 is 0 Å². The number of rotatable bonds is 4. The van der Waals surface area contributed by atoms with Gasteiger partial charge in [-0.2, -0.15) is 0 Å². The molecule has 0 heterocycles. The molecule has 0 fully saturated rings. The zero-order chi connectivity index (χ0) is 25.8. The molecule has 31 heavy (non-hydrogen) atoms. The maximum absolute atomic E-state index is 4.70. The van der Waals surface area contributed by atoms with E-state index in [-0.39, 0.29) is 15.8 Å². The molecule has 0 nitrogen and oxygen atoms in total. The summed E-state index contributed by atoms with van der Waals surface area (Å²) in [5.74, 6) is 0. The minimum absolute atomic E-state index is 0.347. The SMILES string of the molecule is CC(C)=CC[PH+](C(C)(C)C)C(C)(C)C.CC(C)=CC[PH+](C(C)(C)C)C(C)(C)C.[Cl][Ni][Cl]. The van der Waals surface area contributed by atoms with Crippen LogP contribution in [0.4, 0.5) is 0 Å². The van der Waals surface area contributed by atoms with Crippen LogP contribution >= 0.6 is 36.2 Å². The monoisotopic (exact) mass is 558 g/mol. The topological polar surface area (TPSA) is 0 Å². The third-order valence-electron chi connectivity index (χ3n) is 5.05. The van der Waals surface area contributed by atoms with E-state index in [1.54, 1.807) is 0 Å². The molecule has 0 saturated heterocycles. The molecule has 0 bridgehead atoms. The predicted octanol–water partition coefficient (Wildman–Crippen LogP) is 10.9. The predicted molar refractivity (Wildman–Crippen MR) is 156 cm³/mol. The molecule has 0 aliphatic carbocycles. The van der Waals surface area contributed by atoms with Gasteiger partial charge in [0.05, 0.1) is 32.9 Å². The zero-order valence-corrected chi connectivity index (χ0v) is 28.1. The van der Waals surface area contributed by atoms with Crippen LogP contribution in [0.5, 0.6) is 0 Å². The summed E-state index contributed by atoms with van der Waals surface area (Å²) >= 11 is 0.569. The van der Waals surface area contributed by atoms with Crippen LogP contribution in [0, 0.1) is 0 Å². The number of hydrogen-bond acceptors (Lipinski definition) is 0. The van der Waals surface area contributed by atoms with E-state index in [0.29, 0.717) is 33.3 Å². The van der Waals surface area contributed by atoms with Gasteiger partial charge in [0.15, 0.2) is 0 Å². The average molecular weight is 560 g/mol. The molecule has 0 aliphatic heterocycles. The van der Waals surface area contributed by atoms with Gasteiger partial charge >= 0.3 is 33.0 Å². The van der Waals surface area contributed by atoms with Gasteiger partial charge in [0.25, 0.3) is 0 Å². The molecule has 5 heteroatoms. The van der Waals surface area contributed by atoms with Crippen molar-refractivity contribution < 1.29 is 12.7 Å². The second kappa shape index (κ2) is 16.2. The first-order chi connectivity index (χ1) is 13.5. The molecular weight excluding hydrogens is 504 g/mol. The van der Waals surface area contributed by atoms with E-state index in [1.165, 1.54) is 23.5 Å². The first-order valence-corrected chi connectivity index (χ1v) is 17.5. The second-order valence-electron chi connectivity index (χ2n) is 13.0. The second-order valence-corrected chi connectivity index (χ2v) is 23.3. The van der Waals surface area contributed by atoms with Gasteiger partial charge in [-0.1, -0.05) is 11.1 Å². The Morgan fingerprint density at radius 3 is 0.806 bits per heavy atom. The summed E-state index contributed by atoms with van der Waals surface area (Å²) in [5.41, 5.74) is 2.92. The summed E-state index contributed by atoms with van der Waals surface area (Å²) in [6.07, 6.45) is 7.45. The van der Waals surface area contributed by atoms with Crippen LogP contribution in [0.2, 0.25) is 0 Å². The molecule has 0 aromatic carbocycles. The van der Waals surface area contributed by atoms with Gasteiger partial charge < -0.3 is 0 Å². The van der Waals surface area contributed by atoms with Crippen LogP contribution in [-0.2, 0) is 12.7 Å². The van der Waals surface area contributed by atoms with E-state index < -0.39 is 0 Å². The van der Waals surface area contributed by atoms with Gasteiger partial charge in [-0.05, 0) is 123 Å². The van der Waals surface area contributed by atoms with E-state index in [4.69, 9.17) is 20.4 Å². The Bertz CT molecular complexity index is 444. The molecule has 0 amide bonds. The van der Waals surface area contributed by atoms with Crippen molar-refractivity contribution in [2.24, 2.45) is 0 Å². The fourth-order valence-corrected chi connectivity index (χ4v) is 12.3. The Morgan fingerprint density at radius 1 is 0.548 bits per heavy atom. The van der Waals surface area contributed by atoms with Crippen molar-refractivity contribution in [2.45, 2.75) is 131 Å². The van der Waals surface area contributed by atoms with Crippen LogP contribution in [0.25, 0.3) is 0 Å². The third kappa shape index (κ3) is 21.7. The fraction of sp³-hybridized carbons (Fsp3) is 0.846. The summed E-state index contributed by atoms with van der Waals surface area (Å²) in [5, 5.41) is 1.98. The van der Waals surface area contributed by atoms with Crippen LogP contribution in [0.3, 0.4) is 0 Å². The van der Waals surface area contributed by atoms with Gasteiger partial charge in [0.1, 0.15) is 0 Å². The number of hydrogen-bond donors (Lipinski definition) is 0. The van der Waals surface area contributed by atoms with Gasteiger partial charge in [-0.3, -0.25) is 0 Å². The third-order valence-corrected chi connectivity index (χ3v) is 13.5. The maximum atomic E-state index is 4.70. The molecule has 0 atom stereocenters. The van der Waals surface area contributed by atoms with Gasteiger partial charge in [-0.25, -0.2) is 0 Å². The molecule has 0 N–H and O–H groups in total.